The number of hydrogen-bond acceptors (Lipinski definition) is 6. The summed E-state index contributed by atoms with van der Waals surface area (Å²) in [7, 11) is -3.40. The molecule has 9 heteroatoms. The second kappa shape index (κ2) is 6.50. The third-order valence-corrected chi connectivity index (χ3v) is 5.39. The summed E-state index contributed by atoms with van der Waals surface area (Å²) in [4.78, 5) is 11.1. The van der Waals surface area contributed by atoms with Gasteiger partial charge in [0.25, 0.3) is 0 Å². The second-order valence-electron chi connectivity index (χ2n) is 4.20. The number of aryl methyl sites for hydroxylation is 1. The number of rotatable bonds is 5. The fourth-order valence-corrected chi connectivity index (χ4v) is 3.83. The quantitative estimate of drug-likeness (QED) is 0.897. The predicted molar refractivity (Wildman–Crippen MR) is 81.4 cm³/mol. The minimum atomic E-state index is -3.40. The molecule has 0 aliphatic carbocycles. The number of hydrogen-bond donors (Lipinski definition) is 1. The van der Waals surface area contributed by atoms with Crippen molar-refractivity contribution >= 4 is 43.8 Å². The van der Waals surface area contributed by atoms with Crippen LogP contribution < -0.4 is 5.32 Å². The molecule has 1 amide bonds. The molecular weight excluding hydrogens is 334 g/mol. The van der Waals surface area contributed by atoms with Gasteiger partial charge in [0.05, 0.1) is 10.6 Å². The summed E-state index contributed by atoms with van der Waals surface area (Å²) in [6, 6.07) is 6.02. The van der Waals surface area contributed by atoms with Crippen LogP contribution in [0.3, 0.4) is 0 Å². The molecule has 112 valence electrons. The van der Waals surface area contributed by atoms with Crippen LogP contribution in [0.25, 0.3) is 0 Å². The summed E-state index contributed by atoms with van der Waals surface area (Å²) in [5, 5.41) is 11.5. The lowest BCUT2D eigenvalue weighted by atomic mass is 10.4. The van der Waals surface area contributed by atoms with E-state index in [0.29, 0.717) is 15.2 Å². The van der Waals surface area contributed by atoms with Crippen molar-refractivity contribution in [1.29, 1.82) is 0 Å². The molecule has 2 aromatic rings. The Morgan fingerprint density at radius 2 is 1.95 bits per heavy atom. The highest BCUT2D eigenvalue weighted by Crippen LogP contribution is 2.19. The standard InChI is InChI=1S/C12H12ClN3O3S2/c1-8(17)14-12-16-15-11(20-12)6-7-21(18,19)10-4-2-9(13)3-5-10/h2-5H,6-7H2,1H3,(H,14,16,17). The van der Waals surface area contributed by atoms with Crippen LogP contribution >= 0.6 is 22.9 Å². The number of benzene rings is 1. The molecular formula is C12H12ClN3O3S2. The van der Waals surface area contributed by atoms with Crippen LogP contribution in [-0.2, 0) is 21.1 Å². The molecule has 6 nitrogen and oxygen atoms in total. The van der Waals surface area contributed by atoms with Gasteiger partial charge in [-0.15, -0.1) is 10.2 Å². The topological polar surface area (TPSA) is 89.0 Å². The highest BCUT2D eigenvalue weighted by atomic mass is 35.5. The van der Waals surface area contributed by atoms with E-state index >= 15 is 0 Å². The maximum atomic E-state index is 12.1. The third-order valence-electron chi connectivity index (χ3n) is 2.51. The van der Waals surface area contributed by atoms with Gasteiger partial charge < -0.3 is 5.32 Å². The number of carbonyl (C=O) groups excluding carboxylic acids is 1. The molecule has 2 rings (SSSR count). The Balaban J connectivity index is 2.03. The van der Waals surface area contributed by atoms with E-state index in [-0.39, 0.29) is 23.0 Å². The van der Waals surface area contributed by atoms with Gasteiger partial charge in [0, 0.05) is 18.4 Å². The predicted octanol–water partition coefficient (Wildman–Crippen LogP) is 2.17. The van der Waals surface area contributed by atoms with Crippen LogP contribution in [0, 0.1) is 0 Å². The number of nitrogens with one attached hydrogen (secondary N) is 1. The van der Waals surface area contributed by atoms with Gasteiger partial charge in [0.2, 0.25) is 11.0 Å². The van der Waals surface area contributed by atoms with Gasteiger partial charge in [-0.2, -0.15) is 0 Å². The number of nitrogens with zero attached hydrogens (tertiary/aromatic N) is 2. The molecule has 0 aliphatic rings. The van der Waals surface area contributed by atoms with E-state index in [0.717, 1.165) is 11.3 Å². The molecule has 0 radical (unpaired) electrons. The molecule has 1 heterocycles. The summed E-state index contributed by atoms with van der Waals surface area (Å²) in [5.74, 6) is -0.324. The minimum Gasteiger partial charge on any atom is -0.301 e. The molecule has 1 aromatic carbocycles. The average Bonchev–Trinajstić information content (AvgIpc) is 2.84. The molecule has 0 saturated heterocycles. The maximum Gasteiger partial charge on any atom is 0.223 e. The first-order valence-electron chi connectivity index (χ1n) is 5.95. The van der Waals surface area contributed by atoms with E-state index in [1.165, 1.54) is 31.2 Å². The van der Waals surface area contributed by atoms with Gasteiger partial charge in [0.15, 0.2) is 9.84 Å². The van der Waals surface area contributed by atoms with E-state index in [1.807, 2.05) is 0 Å². The number of carbonyl (C=O) groups is 1. The monoisotopic (exact) mass is 345 g/mol. The third kappa shape index (κ3) is 4.48. The highest BCUT2D eigenvalue weighted by Gasteiger charge is 2.16. The zero-order chi connectivity index (χ0) is 15.5. The largest absolute Gasteiger partial charge is 0.301 e. The molecule has 0 unspecified atom stereocenters. The molecule has 21 heavy (non-hydrogen) atoms. The molecule has 1 aromatic heterocycles. The molecule has 0 spiro atoms. The SMILES string of the molecule is CC(=O)Nc1nnc(CCS(=O)(=O)c2ccc(Cl)cc2)s1. The van der Waals surface area contributed by atoms with Crippen LogP contribution in [0.2, 0.25) is 5.02 Å². The molecule has 0 aliphatic heterocycles. The molecule has 0 bridgehead atoms. The zero-order valence-corrected chi connectivity index (χ0v) is 13.4. The zero-order valence-electron chi connectivity index (χ0n) is 11.0. The van der Waals surface area contributed by atoms with E-state index in [1.54, 1.807) is 0 Å². The summed E-state index contributed by atoms with van der Waals surface area (Å²) < 4.78 is 24.3. The van der Waals surface area contributed by atoms with Crippen LogP contribution in [0.15, 0.2) is 29.2 Å². The Morgan fingerprint density at radius 1 is 1.29 bits per heavy atom. The Kier molecular flexibility index (Phi) is 4.92. The molecule has 1 N–H and O–H groups in total. The van der Waals surface area contributed by atoms with E-state index in [9.17, 15) is 13.2 Å². The first kappa shape index (κ1) is 15.9. The van der Waals surface area contributed by atoms with Crippen molar-refractivity contribution in [2.75, 3.05) is 11.1 Å². The first-order chi connectivity index (χ1) is 9.87. The second-order valence-corrected chi connectivity index (χ2v) is 7.81. The first-order valence-corrected chi connectivity index (χ1v) is 8.80. The number of halogens is 1. The fraction of sp³-hybridized carbons (Fsp3) is 0.250. The van der Waals surface area contributed by atoms with Crippen molar-refractivity contribution in [3.63, 3.8) is 0 Å². The summed E-state index contributed by atoms with van der Waals surface area (Å²) in [5.41, 5.74) is 0. The van der Waals surface area contributed by atoms with E-state index < -0.39 is 9.84 Å². The smallest absolute Gasteiger partial charge is 0.223 e. The Morgan fingerprint density at radius 3 is 2.57 bits per heavy atom. The van der Waals surface area contributed by atoms with Gasteiger partial charge in [-0.25, -0.2) is 8.42 Å². The molecule has 0 atom stereocenters. The van der Waals surface area contributed by atoms with Crippen LogP contribution in [0.1, 0.15) is 11.9 Å². The van der Waals surface area contributed by atoms with Gasteiger partial charge >= 0.3 is 0 Å². The van der Waals surface area contributed by atoms with E-state index in [4.69, 9.17) is 11.6 Å². The normalized spacial score (nSPS) is 11.3. The van der Waals surface area contributed by atoms with Gasteiger partial charge in [-0.05, 0) is 24.3 Å². The number of sulfone groups is 1. The lowest BCUT2D eigenvalue weighted by molar-refractivity contribution is -0.114. The van der Waals surface area contributed by atoms with Crippen LogP contribution in [0.4, 0.5) is 5.13 Å². The van der Waals surface area contributed by atoms with Crippen molar-refractivity contribution in [3.05, 3.63) is 34.3 Å². The number of anilines is 1. The number of amides is 1. The summed E-state index contributed by atoms with van der Waals surface area (Å²) in [6.45, 7) is 1.37. The average molecular weight is 346 g/mol. The van der Waals surface area contributed by atoms with Crippen molar-refractivity contribution in [3.8, 4) is 0 Å². The van der Waals surface area contributed by atoms with Crippen LogP contribution in [0.5, 0.6) is 0 Å². The summed E-state index contributed by atoms with van der Waals surface area (Å²) >= 11 is 6.89. The maximum absolute atomic E-state index is 12.1. The Hall–Kier alpha value is -1.51. The lowest BCUT2D eigenvalue weighted by Crippen LogP contribution is -2.09. The van der Waals surface area contributed by atoms with Gasteiger partial charge in [-0.3, -0.25) is 4.79 Å². The van der Waals surface area contributed by atoms with Crippen LogP contribution in [-0.4, -0.2) is 30.3 Å². The Labute approximate surface area is 131 Å². The van der Waals surface area contributed by atoms with Crippen molar-refractivity contribution in [1.82, 2.24) is 10.2 Å². The minimum absolute atomic E-state index is 0.0800. The number of aromatic nitrogens is 2. The van der Waals surface area contributed by atoms with Crippen molar-refractivity contribution in [2.24, 2.45) is 0 Å². The molecule has 0 saturated carbocycles. The van der Waals surface area contributed by atoms with Crippen molar-refractivity contribution in [2.45, 2.75) is 18.2 Å². The van der Waals surface area contributed by atoms with Gasteiger partial charge in [-0.1, -0.05) is 22.9 Å². The fourth-order valence-electron chi connectivity index (χ4n) is 1.54. The Bertz CT molecular complexity index is 741. The van der Waals surface area contributed by atoms with Gasteiger partial charge in [0.1, 0.15) is 5.01 Å². The molecule has 0 fully saturated rings. The van der Waals surface area contributed by atoms with E-state index in [2.05, 4.69) is 15.5 Å². The van der Waals surface area contributed by atoms with Crippen molar-refractivity contribution < 1.29 is 13.2 Å². The summed E-state index contributed by atoms with van der Waals surface area (Å²) in [6.07, 6.45) is 0.238. The highest BCUT2D eigenvalue weighted by molar-refractivity contribution is 7.91. The lowest BCUT2D eigenvalue weighted by Gasteiger charge is -2.02.